The van der Waals surface area contributed by atoms with Crippen LogP contribution in [0.4, 0.5) is 11.6 Å². The third kappa shape index (κ3) is 4.44. The molecule has 0 fully saturated rings. The van der Waals surface area contributed by atoms with Crippen LogP contribution in [0.1, 0.15) is 18.7 Å². The van der Waals surface area contributed by atoms with E-state index in [0.29, 0.717) is 0 Å². The number of aryl methyl sites for hydroxylation is 1. The molecule has 0 spiro atoms. The summed E-state index contributed by atoms with van der Waals surface area (Å²) in [5.74, 6) is 2.48. The lowest BCUT2D eigenvalue weighted by atomic mass is 10.3. The van der Waals surface area contributed by atoms with Gasteiger partial charge in [0.25, 0.3) is 0 Å². The fourth-order valence-corrected chi connectivity index (χ4v) is 1.37. The third-order valence-corrected chi connectivity index (χ3v) is 2.18. The highest BCUT2D eigenvalue weighted by atomic mass is 16.5. The number of aromatic nitrogens is 2. The van der Waals surface area contributed by atoms with Crippen molar-refractivity contribution in [1.29, 1.82) is 0 Å². The monoisotopic (exact) mass is 224 g/mol. The first-order valence-electron chi connectivity index (χ1n) is 5.52. The van der Waals surface area contributed by atoms with Gasteiger partial charge in [0.05, 0.1) is 0 Å². The second-order valence-corrected chi connectivity index (χ2v) is 3.56. The molecular formula is C11H20N4O. The summed E-state index contributed by atoms with van der Waals surface area (Å²) in [6.45, 7) is 3.60. The van der Waals surface area contributed by atoms with Crippen LogP contribution in [0.25, 0.3) is 0 Å². The maximum Gasteiger partial charge on any atom is 0.131 e. The molecule has 2 N–H and O–H groups in total. The lowest BCUT2D eigenvalue weighted by Crippen LogP contribution is -2.07. The average molecular weight is 224 g/mol. The van der Waals surface area contributed by atoms with Gasteiger partial charge >= 0.3 is 0 Å². The molecule has 0 atom stereocenters. The minimum Gasteiger partial charge on any atom is -0.385 e. The van der Waals surface area contributed by atoms with Crippen molar-refractivity contribution in [2.75, 3.05) is 37.9 Å². The Balaban J connectivity index is 2.38. The summed E-state index contributed by atoms with van der Waals surface area (Å²) in [4.78, 5) is 8.53. The Morgan fingerprint density at radius 3 is 2.69 bits per heavy atom. The van der Waals surface area contributed by atoms with E-state index in [4.69, 9.17) is 4.74 Å². The zero-order chi connectivity index (χ0) is 11.8. The van der Waals surface area contributed by atoms with Gasteiger partial charge in [-0.1, -0.05) is 0 Å². The van der Waals surface area contributed by atoms with Crippen molar-refractivity contribution < 1.29 is 4.74 Å². The van der Waals surface area contributed by atoms with Gasteiger partial charge < -0.3 is 15.4 Å². The first-order chi connectivity index (χ1) is 7.76. The lowest BCUT2D eigenvalue weighted by molar-refractivity contribution is 0.194. The van der Waals surface area contributed by atoms with E-state index in [2.05, 4.69) is 20.6 Å². The van der Waals surface area contributed by atoms with Crippen LogP contribution in [0.5, 0.6) is 0 Å². The highest BCUT2D eigenvalue weighted by Gasteiger charge is 1.99. The van der Waals surface area contributed by atoms with Crippen LogP contribution in [0, 0.1) is 6.92 Å². The topological polar surface area (TPSA) is 59.1 Å². The summed E-state index contributed by atoms with van der Waals surface area (Å²) >= 11 is 0. The van der Waals surface area contributed by atoms with Gasteiger partial charge in [-0.05, 0) is 19.8 Å². The van der Waals surface area contributed by atoms with E-state index in [1.54, 1.807) is 7.11 Å². The molecule has 0 saturated heterocycles. The number of methoxy groups -OCH3 is 1. The first-order valence-corrected chi connectivity index (χ1v) is 5.52. The molecule has 16 heavy (non-hydrogen) atoms. The van der Waals surface area contributed by atoms with Crippen molar-refractivity contribution in [3.05, 3.63) is 11.9 Å². The summed E-state index contributed by atoms with van der Waals surface area (Å²) in [5, 5.41) is 6.28. The number of rotatable bonds is 7. The number of anilines is 2. The van der Waals surface area contributed by atoms with E-state index in [9.17, 15) is 0 Å². The fourth-order valence-electron chi connectivity index (χ4n) is 1.37. The van der Waals surface area contributed by atoms with E-state index < -0.39 is 0 Å². The average Bonchev–Trinajstić information content (AvgIpc) is 2.28. The van der Waals surface area contributed by atoms with Crippen molar-refractivity contribution >= 4 is 11.6 Å². The summed E-state index contributed by atoms with van der Waals surface area (Å²) in [6, 6.07) is 1.91. The Morgan fingerprint density at radius 2 is 2.00 bits per heavy atom. The molecule has 1 aromatic rings. The quantitative estimate of drug-likeness (QED) is 0.690. The summed E-state index contributed by atoms with van der Waals surface area (Å²) < 4.78 is 4.99. The van der Waals surface area contributed by atoms with E-state index in [-0.39, 0.29) is 0 Å². The Morgan fingerprint density at radius 1 is 1.25 bits per heavy atom. The maximum atomic E-state index is 4.99. The number of ether oxygens (including phenoxy) is 1. The Bertz CT molecular complexity index is 317. The normalized spacial score (nSPS) is 10.2. The molecular weight excluding hydrogens is 204 g/mol. The minimum atomic E-state index is 0.770. The maximum absolute atomic E-state index is 4.99. The summed E-state index contributed by atoms with van der Waals surface area (Å²) in [6.07, 6.45) is 2.14. The standard InChI is InChI=1S/C11H20N4O/c1-9-14-10(12-2)8-11(15-9)13-6-4-5-7-16-3/h8H,4-7H2,1-3H3,(H2,12,13,14,15). The van der Waals surface area contributed by atoms with Gasteiger partial charge in [0.2, 0.25) is 0 Å². The summed E-state index contributed by atoms with van der Waals surface area (Å²) in [5.41, 5.74) is 0. The van der Waals surface area contributed by atoms with Crippen LogP contribution in [0.15, 0.2) is 6.07 Å². The Labute approximate surface area is 96.6 Å². The molecule has 0 aliphatic rings. The molecule has 0 bridgehead atoms. The second-order valence-electron chi connectivity index (χ2n) is 3.56. The molecule has 0 aliphatic carbocycles. The predicted molar refractivity (Wildman–Crippen MR) is 65.9 cm³/mol. The van der Waals surface area contributed by atoms with Gasteiger partial charge in [0.1, 0.15) is 17.5 Å². The zero-order valence-electron chi connectivity index (χ0n) is 10.2. The molecule has 5 nitrogen and oxygen atoms in total. The van der Waals surface area contributed by atoms with Gasteiger partial charge in [0.15, 0.2) is 0 Å². The van der Waals surface area contributed by atoms with Crippen LogP contribution in [-0.2, 0) is 4.74 Å². The number of hydrogen-bond acceptors (Lipinski definition) is 5. The van der Waals surface area contributed by atoms with Crippen molar-refractivity contribution in [1.82, 2.24) is 9.97 Å². The van der Waals surface area contributed by atoms with Gasteiger partial charge in [-0.2, -0.15) is 0 Å². The van der Waals surface area contributed by atoms with Crippen molar-refractivity contribution in [2.24, 2.45) is 0 Å². The third-order valence-electron chi connectivity index (χ3n) is 2.18. The van der Waals surface area contributed by atoms with Crippen LogP contribution in [0.2, 0.25) is 0 Å². The van der Waals surface area contributed by atoms with E-state index in [1.165, 1.54) is 0 Å². The number of nitrogens with one attached hydrogen (secondary N) is 2. The predicted octanol–water partition coefficient (Wildman–Crippen LogP) is 1.67. The van der Waals surface area contributed by atoms with E-state index in [1.807, 2.05) is 20.0 Å². The van der Waals surface area contributed by atoms with Crippen LogP contribution in [0.3, 0.4) is 0 Å². The van der Waals surface area contributed by atoms with Crippen LogP contribution < -0.4 is 10.6 Å². The smallest absolute Gasteiger partial charge is 0.131 e. The zero-order valence-corrected chi connectivity index (χ0v) is 10.2. The first kappa shape index (κ1) is 12.7. The molecule has 1 heterocycles. The number of hydrogen-bond donors (Lipinski definition) is 2. The van der Waals surface area contributed by atoms with Crippen molar-refractivity contribution in [3.8, 4) is 0 Å². The van der Waals surface area contributed by atoms with Crippen molar-refractivity contribution in [2.45, 2.75) is 19.8 Å². The molecule has 0 aromatic carbocycles. The number of unbranched alkanes of at least 4 members (excludes halogenated alkanes) is 1. The fraction of sp³-hybridized carbons (Fsp3) is 0.636. The Hall–Kier alpha value is -1.36. The molecule has 0 unspecified atom stereocenters. The van der Waals surface area contributed by atoms with Gasteiger partial charge in [-0.3, -0.25) is 0 Å². The molecule has 1 aromatic heterocycles. The highest BCUT2D eigenvalue weighted by molar-refractivity contribution is 5.46. The molecule has 90 valence electrons. The van der Waals surface area contributed by atoms with E-state index >= 15 is 0 Å². The molecule has 1 rings (SSSR count). The molecule has 0 aliphatic heterocycles. The van der Waals surface area contributed by atoms with Gasteiger partial charge in [-0.15, -0.1) is 0 Å². The largest absolute Gasteiger partial charge is 0.385 e. The lowest BCUT2D eigenvalue weighted by Gasteiger charge is -2.08. The minimum absolute atomic E-state index is 0.770. The number of nitrogens with zero attached hydrogens (tertiary/aromatic N) is 2. The molecule has 0 amide bonds. The summed E-state index contributed by atoms with van der Waals surface area (Å²) in [7, 11) is 3.57. The second kappa shape index (κ2) is 7.00. The van der Waals surface area contributed by atoms with Gasteiger partial charge in [0, 0.05) is 33.4 Å². The molecule has 0 saturated carbocycles. The highest BCUT2D eigenvalue weighted by Crippen LogP contribution is 2.10. The SMILES string of the molecule is CNc1cc(NCCCCOC)nc(C)n1. The van der Waals surface area contributed by atoms with Crippen LogP contribution >= 0.6 is 0 Å². The van der Waals surface area contributed by atoms with Crippen molar-refractivity contribution in [3.63, 3.8) is 0 Å². The van der Waals surface area contributed by atoms with Gasteiger partial charge in [-0.25, -0.2) is 9.97 Å². The van der Waals surface area contributed by atoms with E-state index in [0.717, 1.165) is 43.5 Å². The molecule has 5 heteroatoms. The Kier molecular flexibility index (Phi) is 5.56. The molecule has 0 radical (unpaired) electrons. The van der Waals surface area contributed by atoms with Crippen LogP contribution in [-0.4, -0.2) is 37.3 Å².